The van der Waals surface area contributed by atoms with Gasteiger partial charge in [0.15, 0.2) is 0 Å². The predicted octanol–water partition coefficient (Wildman–Crippen LogP) is 1.44. The predicted molar refractivity (Wildman–Crippen MR) is 87.1 cm³/mol. The molecule has 0 radical (unpaired) electrons. The molecule has 0 amide bonds. The van der Waals surface area contributed by atoms with Crippen LogP contribution in [0.2, 0.25) is 0 Å². The van der Waals surface area contributed by atoms with Crippen molar-refractivity contribution in [3.63, 3.8) is 0 Å². The van der Waals surface area contributed by atoms with Crippen LogP contribution in [0.1, 0.15) is 37.1 Å². The highest BCUT2D eigenvalue weighted by Gasteiger charge is 2.26. The van der Waals surface area contributed by atoms with Crippen molar-refractivity contribution < 1.29 is 0 Å². The number of fused-ring (bicyclic) bond motifs is 1. The number of nitrogens with zero attached hydrogens (tertiary/aromatic N) is 5. The van der Waals surface area contributed by atoms with E-state index in [-0.39, 0.29) is 5.56 Å². The molecule has 0 spiro atoms. The van der Waals surface area contributed by atoms with E-state index in [2.05, 4.69) is 20.7 Å². The normalized spacial score (nSPS) is 21.5. The summed E-state index contributed by atoms with van der Waals surface area (Å²) in [5, 5.41) is 8.96. The van der Waals surface area contributed by atoms with Gasteiger partial charge in [-0.1, -0.05) is 0 Å². The van der Waals surface area contributed by atoms with Crippen LogP contribution in [0, 0.1) is 0 Å². The Bertz CT molecular complexity index is 711. The van der Waals surface area contributed by atoms with Gasteiger partial charge >= 0.3 is 0 Å². The summed E-state index contributed by atoms with van der Waals surface area (Å²) in [5.74, 6) is 0. The summed E-state index contributed by atoms with van der Waals surface area (Å²) in [6, 6.07) is 5.92. The van der Waals surface area contributed by atoms with Crippen LogP contribution in [0.5, 0.6) is 0 Å². The van der Waals surface area contributed by atoms with Crippen LogP contribution in [-0.2, 0) is 26.1 Å². The number of likely N-dealkylation sites (tertiary alicyclic amines) is 1. The van der Waals surface area contributed by atoms with E-state index in [0.717, 1.165) is 32.5 Å². The maximum absolute atomic E-state index is 11.9. The Labute approximate surface area is 135 Å². The molecule has 0 aromatic carbocycles. The van der Waals surface area contributed by atoms with Crippen LogP contribution in [-0.4, -0.2) is 37.0 Å². The van der Waals surface area contributed by atoms with Crippen molar-refractivity contribution in [2.75, 3.05) is 6.54 Å². The van der Waals surface area contributed by atoms with Gasteiger partial charge in [-0.3, -0.25) is 14.4 Å². The van der Waals surface area contributed by atoms with Crippen LogP contribution in [0.4, 0.5) is 0 Å². The molecule has 6 nitrogen and oxygen atoms in total. The number of rotatable bonds is 4. The van der Waals surface area contributed by atoms with E-state index in [1.54, 1.807) is 23.0 Å². The van der Waals surface area contributed by atoms with Gasteiger partial charge in [-0.2, -0.15) is 10.2 Å². The molecule has 2 aromatic rings. The van der Waals surface area contributed by atoms with E-state index in [1.807, 2.05) is 0 Å². The van der Waals surface area contributed by atoms with Crippen molar-refractivity contribution in [3.05, 3.63) is 46.1 Å². The van der Waals surface area contributed by atoms with Gasteiger partial charge in [-0.05, 0) is 50.8 Å². The molecular formula is C17H23N5O. The molecule has 0 saturated carbocycles. The van der Waals surface area contributed by atoms with Crippen molar-refractivity contribution in [1.82, 2.24) is 24.5 Å². The molecule has 2 aliphatic rings. The van der Waals surface area contributed by atoms with Gasteiger partial charge in [0.25, 0.3) is 5.56 Å². The fraction of sp³-hybridized carbons (Fsp3) is 0.588. The second-order valence-electron chi connectivity index (χ2n) is 6.62. The smallest absolute Gasteiger partial charge is 0.266 e. The molecule has 2 aliphatic heterocycles. The zero-order valence-electron chi connectivity index (χ0n) is 13.4. The molecule has 122 valence electrons. The van der Waals surface area contributed by atoms with Crippen molar-refractivity contribution in [1.29, 1.82) is 0 Å². The van der Waals surface area contributed by atoms with Crippen LogP contribution in [0.15, 0.2) is 29.2 Å². The SMILES string of the molecule is O=c1cccnn1CC1CCCN1Cc1cc2n(n1)CCCC2. The van der Waals surface area contributed by atoms with E-state index < -0.39 is 0 Å². The third-order valence-corrected chi connectivity index (χ3v) is 5.00. The topological polar surface area (TPSA) is 56.0 Å². The molecule has 23 heavy (non-hydrogen) atoms. The van der Waals surface area contributed by atoms with Gasteiger partial charge < -0.3 is 0 Å². The zero-order valence-corrected chi connectivity index (χ0v) is 13.4. The van der Waals surface area contributed by atoms with E-state index in [9.17, 15) is 4.79 Å². The summed E-state index contributed by atoms with van der Waals surface area (Å²) in [4.78, 5) is 14.3. The van der Waals surface area contributed by atoms with Crippen molar-refractivity contribution in [3.8, 4) is 0 Å². The number of aromatic nitrogens is 4. The molecule has 4 rings (SSSR count). The minimum absolute atomic E-state index is 0.0168. The number of aryl methyl sites for hydroxylation is 2. The van der Waals surface area contributed by atoms with E-state index in [4.69, 9.17) is 5.10 Å². The first-order valence-electron chi connectivity index (χ1n) is 8.61. The Balaban J connectivity index is 1.46. The Hall–Kier alpha value is -1.95. The fourth-order valence-electron chi connectivity index (χ4n) is 3.80. The average molecular weight is 313 g/mol. The first kappa shape index (κ1) is 14.6. The van der Waals surface area contributed by atoms with Crippen molar-refractivity contribution in [2.45, 2.75) is 57.8 Å². The highest BCUT2D eigenvalue weighted by Crippen LogP contribution is 2.22. The molecule has 1 saturated heterocycles. The van der Waals surface area contributed by atoms with Crippen LogP contribution in [0.3, 0.4) is 0 Å². The molecule has 0 bridgehead atoms. The number of hydrogen-bond acceptors (Lipinski definition) is 4. The van der Waals surface area contributed by atoms with Crippen LogP contribution >= 0.6 is 0 Å². The minimum Gasteiger partial charge on any atom is -0.293 e. The van der Waals surface area contributed by atoms with Gasteiger partial charge in [0.2, 0.25) is 0 Å². The summed E-state index contributed by atoms with van der Waals surface area (Å²) in [5.41, 5.74) is 2.53. The van der Waals surface area contributed by atoms with E-state index in [0.29, 0.717) is 12.6 Å². The molecular weight excluding hydrogens is 290 g/mol. The van der Waals surface area contributed by atoms with Gasteiger partial charge in [0.1, 0.15) is 0 Å². The molecule has 2 aromatic heterocycles. The third-order valence-electron chi connectivity index (χ3n) is 5.00. The number of hydrogen-bond donors (Lipinski definition) is 0. The Morgan fingerprint density at radius 1 is 1.22 bits per heavy atom. The second kappa shape index (κ2) is 6.28. The van der Waals surface area contributed by atoms with E-state index in [1.165, 1.54) is 30.7 Å². The first-order chi connectivity index (χ1) is 11.3. The highest BCUT2D eigenvalue weighted by atomic mass is 16.1. The summed E-state index contributed by atoms with van der Waals surface area (Å²) in [7, 11) is 0. The monoisotopic (exact) mass is 313 g/mol. The quantitative estimate of drug-likeness (QED) is 0.857. The van der Waals surface area contributed by atoms with Gasteiger partial charge in [-0.15, -0.1) is 0 Å². The molecule has 4 heterocycles. The second-order valence-corrected chi connectivity index (χ2v) is 6.62. The maximum atomic E-state index is 11.9. The summed E-state index contributed by atoms with van der Waals surface area (Å²) >= 11 is 0. The van der Waals surface area contributed by atoms with Gasteiger partial charge in [-0.25, -0.2) is 4.68 Å². The largest absolute Gasteiger partial charge is 0.293 e. The summed E-state index contributed by atoms with van der Waals surface area (Å²) in [6.07, 6.45) is 7.66. The molecule has 1 fully saturated rings. The van der Waals surface area contributed by atoms with Crippen molar-refractivity contribution in [2.24, 2.45) is 0 Å². The molecule has 1 unspecified atom stereocenters. The Morgan fingerprint density at radius 3 is 3.04 bits per heavy atom. The lowest BCUT2D eigenvalue weighted by Crippen LogP contribution is -2.36. The van der Waals surface area contributed by atoms with Gasteiger partial charge in [0, 0.05) is 37.1 Å². The first-order valence-corrected chi connectivity index (χ1v) is 8.61. The summed E-state index contributed by atoms with van der Waals surface area (Å²) in [6.45, 7) is 3.69. The Kier molecular flexibility index (Phi) is 3.99. The third kappa shape index (κ3) is 3.08. The maximum Gasteiger partial charge on any atom is 0.266 e. The molecule has 1 atom stereocenters. The Morgan fingerprint density at radius 2 is 2.17 bits per heavy atom. The molecule has 0 aliphatic carbocycles. The fourth-order valence-corrected chi connectivity index (χ4v) is 3.80. The highest BCUT2D eigenvalue weighted by molar-refractivity contribution is 5.12. The lowest BCUT2D eigenvalue weighted by molar-refractivity contribution is 0.213. The molecule has 0 N–H and O–H groups in total. The zero-order chi connectivity index (χ0) is 15.6. The van der Waals surface area contributed by atoms with Crippen molar-refractivity contribution >= 4 is 0 Å². The lowest BCUT2D eigenvalue weighted by Gasteiger charge is -2.23. The summed E-state index contributed by atoms with van der Waals surface area (Å²) < 4.78 is 3.76. The van der Waals surface area contributed by atoms with Crippen LogP contribution in [0.25, 0.3) is 0 Å². The van der Waals surface area contributed by atoms with Gasteiger partial charge in [0.05, 0.1) is 12.2 Å². The van der Waals surface area contributed by atoms with E-state index >= 15 is 0 Å². The lowest BCUT2D eigenvalue weighted by atomic mass is 10.1. The average Bonchev–Trinajstić information content (AvgIpc) is 3.16. The molecule has 6 heteroatoms. The van der Waals surface area contributed by atoms with Crippen LogP contribution < -0.4 is 5.56 Å². The minimum atomic E-state index is -0.0168. The standard InChI is InChI=1S/C17H23N5O/c23-17-7-3-8-18-22(17)13-16-6-4-9-20(16)12-14-11-15-5-1-2-10-21(15)19-14/h3,7-8,11,16H,1-2,4-6,9-10,12-13H2.